The fraction of sp³-hybridized carbons (Fsp3) is 0. The SMILES string of the molecule is Clc1ccc(Cl)c2c1SSc1c(Cl)ccc(Cl)c1SS2. The van der Waals surface area contributed by atoms with E-state index in [1.54, 1.807) is 43.2 Å². The van der Waals surface area contributed by atoms with E-state index in [9.17, 15) is 0 Å². The molecule has 0 N–H and O–H groups in total. The van der Waals surface area contributed by atoms with Gasteiger partial charge >= 0.3 is 0 Å². The molecule has 0 fully saturated rings. The zero-order chi connectivity index (χ0) is 14.3. The highest BCUT2D eigenvalue weighted by Crippen LogP contribution is 2.58. The quantitative estimate of drug-likeness (QED) is 0.395. The van der Waals surface area contributed by atoms with E-state index in [1.807, 2.05) is 24.3 Å². The average molecular weight is 418 g/mol. The molecule has 20 heavy (non-hydrogen) atoms. The van der Waals surface area contributed by atoms with Gasteiger partial charge in [0.25, 0.3) is 0 Å². The molecule has 0 saturated heterocycles. The predicted molar refractivity (Wildman–Crippen MR) is 96.4 cm³/mol. The summed E-state index contributed by atoms with van der Waals surface area (Å²) in [4.78, 5) is 3.85. The summed E-state index contributed by atoms with van der Waals surface area (Å²) >= 11 is 25.1. The molecule has 0 aliphatic carbocycles. The van der Waals surface area contributed by atoms with Crippen molar-refractivity contribution in [2.24, 2.45) is 0 Å². The molecule has 0 amide bonds. The second kappa shape index (κ2) is 6.63. The number of hydrogen-bond donors (Lipinski definition) is 0. The van der Waals surface area contributed by atoms with E-state index in [4.69, 9.17) is 46.4 Å². The number of benzene rings is 2. The lowest BCUT2D eigenvalue weighted by atomic mass is 10.3. The Bertz CT molecular complexity index is 572. The molecule has 1 heterocycles. The van der Waals surface area contributed by atoms with Gasteiger partial charge in [-0.1, -0.05) is 46.4 Å². The Morgan fingerprint density at radius 1 is 0.450 bits per heavy atom. The molecular formula is C12H4Cl4S4. The molecule has 1 aliphatic rings. The third-order valence-corrected chi connectivity index (χ3v) is 9.44. The van der Waals surface area contributed by atoms with E-state index < -0.39 is 0 Å². The van der Waals surface area contributed by atoms with Gasteiger partial charge in [0.1, 0.15) is 0 Å². The molecule has 8 heteroatoms. The smallest absolute Gasteiger partial charge is 0.0563 e. The van der Waals surface area contributed by atoms with Gasteiger partial charge in [-0.3, -0.25) is 0 Å². The van der Waals surface area contributed by atoms with Gasteiger partial charge in [0, 0.05) is 0 Å². The van der Waals surface area contributed by atoms with Gasteiger partial charge in [-0.25, -0.2) is 0 Å². The number of rotatable bonds is 0. The highest BCUT2D eigenvalue weighted by molar-refractivity contribution is 8.79. The summed E-state index contributed by atoms with van der Waals surface area (Å²) in [5.74, 6) is 0. The Labute approximate surface area is 152 Å². The van der Waals surface area contributed by atoms with Crippen molar-refractivity contribution in [3.05, 3.63) is 44.4 Å². The normalized spacial score (nSPS) is 14.2. The molecule has 104 valence electrons. The zero-order valence-electron chi connectivity index (χ0n) is 9.45. The maximum absolute atomic E-state index is 6.26. The molecule has 2 aromatic carbocycles. The summed E-state index contributed by atoms with van der Waals surface area (Å²) in [6, 6.07) is 7.24. The van der Waals surface area contributed by atoms with Crippen LogP contribution in [0.4, 0.5) is 0 Å². The van der Waals surface area contributed by atoms with Crippen molar-refractivity contribution < 1.29 is 0 Å². The average Bonchev–Trinajstić information content (AvgIpc) is 2.39. The van der Waals surface area contributed by atoms with Crippen LogP contribution in [0.5, 0.6) is 0 Å². The standard InChI is InChI=1S/C12H4Cl4S4/c13-5-1-2-6(14)10-9(5)17-19-11-7(15)3-4-8(16)12(11)20-18-10/h1-4H. The summed E-state index contributed by atoms with van der Waals surface area (Å²) in [7, 11) is 6.21. The van der Waals surface area contributed by atoms with E-state index in [1.165, 1.54) is 0 Å². The molecule has 0 saturated carbocycles. The number of hydrogen-bond acceptors (Lipinski definition) is 4. The van der Waals surface area contributed by atoms with E-state index in [0.29, 0.717) is 20.1 Å². The molecule has 0 atom stereocenters. The molecule has 0 unspecified atom stereocenters. The maximum atomic E-state index is 6.26. The third-order valence-electron chi connectivity index (χ3n) is 2.45. The van der Waals surface area contributed by atoms with Gasteiger partial charge in [0.2, 0.25) is 0 Å². The monoisotopic (exact) mass is 416 g/mol. The van der Waals surface area contributed by atoms with Crippen molar-refractivity contribution in [2.45, 2.75) is 19.6 Å². The van der Waals surface area contributed by atoms with Crippen LogP contribution in [0.3, 0.4) is 0 Å². The lowest BCUT2D eigenvalue weighted by Crippen LogP contribution is -1.86. The van der Waals surface area contributed by atoms with E-state index in [-0.39, 0.29) is 0 Å². The largest absolute Gasteiger partial charge is 0.0830 e. The van der Waals surface area contributed by atoms with Crippen LogP contribution in [0.1, 0.15) is 0 Å². The molecule has 0 spiro atoms. The zero-order valence-corrected chi connectivity index (χ0v) is 15.7. The van der Waals surface area contributed by atoms with Gasteiger partial charge < -0.3 is 0 Å². The Morgan fingerprint density at radius 2 is 0.650 bits per heavy atom. The van der Waals surface area contributed by atoms with E-state index in [2.05, 4.69) is 0 Å². The lowest BCUT2D eigenvalue weighted by Gasteiger charge is -2.18. The van der Waals surface area contributed by atoms with Crippen LogP contribution in [0.25, 0.3) is 0 Å². The van der Waals surface area contributed by atoms with Crippen LogP contribution in [0.2, 0.25) is 20.1 Å². The Kier molecular flexibility index (Phi) is 5.26. The molecule has 3 rings (SSSR count). The first-order valence-corrected chi connectivity index (χ1v) is 11.0. The minimum Gasteiger partial charge on any atom is -0.0830 e. The summed E-state index contributed by atoms with van der Waals surface area (Å²) in [6.45, 7) is 0. The summed E-state index contributed by atoms with van der Waals surface area (Å²) in [6.07, 6.45) is 0. The fourth-order valence-corrected chi connectivity index (χ4v) is 9.25. The molecule has 1 aliphatic heterocycles. The van der Waals surface area contributed by atoms with Crippen LogP contribution < -0.4 is 0 Å². The molecule has 0 bridgehead atoms. The minimum absolute atomic E-state index is 0.691. The summed E-state index contributed by atoms with van der Waals surface area (Å²) < 4.78 is 0. The van der Waals surface area contributed by atoms with Gasteiger partial charge in [-0.05, 0) is 67.4 Å². The van der Waals surface area contributed by atoms with Crippen molar-refractivity contribution in [1.82, 2.24) is 0 Å². The maximum Gasteiger partial charge on any atom is 0.0563 e. The second-order valence-electron chi connectivity index (χ2n) is 3.71. The third kappa shape index (κ3) is 3.04. The summed E-state index contributed by atoms with van der Waals surface area (Å²) in [5, 5.41) is 2.77. The first-order valence-electron chi connectivity index (χ1n) is 5.23. The van der Waals surface area contributed by atoms with Crippen molar-refractivity contribution in [1.29, 1.82) is 0 Å². The molecular weight excluding hydrogens is 414 g/mol. The number of halogens is 4. The first-order chi connectivity index (χ1) is 9.58. The van der Waals surface area contributed by atoms with Crippen LogP contribution in [-0.2, 0) is 0 Å². The molecule has 0 radical (unpaired) electrons. The highest BCUT2D eigenvalue weighted by Gasteiger charge is 2.22. The van der Waals surface area contributed by atoms with E-state index in [0.717, 1.165) is 19.6 Å². The molecule has 0 aromatic heterocycles. The second-order valence-corrected chi connectivity index (χ2v) is 9.64. The van der Waals surface area contributed by atoms with Gasteiger partial charge in [-0.15, -0.1) is 0 Å². The van der Waals surface area contributed by atoms with Gasteiger partial charge in [0.15, 0.2) is 0 Å². The van der Waals surface area contributed by atoms with Crippen molar-refractivity contribution in [2.75, 3.05) is 0 Å². The van der Waals surface area contributed by atoms with Crippen molar-refractivity contribution >= 4 is 89.6 Å². The number of fused-ring (bicyclic) bond motifs is 2. The Balaban J connectivity index is 2.09. The van der Waals surface area contributed by atoms with Crippen molar-refractivity contribution in [3.8, 4) is 0 Å². The molecule has 0 nitrogen and oxygen atoms in total. The fourth-order valence-electron chi connectivity index (χ4n) is 1.51. The Hall–Kier alpha value is 1.000. The predicted octanol–water partition coefficient (Wildman–Crippen LogP) is 8.21. The van der Waals surface area contributed by atoms with Crippen LogP contribution in [-0.4, -0.2) is 0 Å². The topological polar surface area (TPSA) is 0 Å². The lowest BCUT2D eigenvalue weighted by molar-refractivity contribution is 1.25. The van der Waals surface area contributed by atoms with Gasteiger partial charge in [-0.2, -0.15) is 0 Å². The van der Waals surface area contributed by atoms with Crippen molar-refractivity contribution in [3.63, 3.8) is 0 Å². The summed E-state index contributed by atoms with van der Waals surface area (Å²) in [5.41, 5.74) is 0. The van der Waals surface area contributed by atoms with Gasteiger partial charge in [0.05, 0.1) is 39.7 Å². The van der Waals surface area contributed by atoms with Crippen LogP contribution in [0, 0.1) is 0 Å². The van der Waals surface area contributed by atoms with E-state index >= 15 is 0 Å². The highest BCUT2D eigenvalue weighted by atomic mass is 35.5. The Morgan fingerprint density at radius 3 is 0.850 bits per heavy atom. The molecule has 2 aromatic rings. The minimum atomic E-state index is 0.691. The van der Waals surface area contributed by atoms with Crippen LogP contribution in [0.15, 0.2) is 43.8 Å². The first kappa shape index (κ1) is 15.9. The van der Waals surface area contributed by atoms with Crippen LogP contribution >= 0.6 is 89.6 Å².